The molecule has 2 aromatic heterocycles. The summed E-state index contributed by atoms with van der Waals surface area (Å²) in [6, 6.07) is 2.07. The number of H-pyrrole nitrogens is 1. The van der Waals surface area contributed by atoms with E-state index in [2.05, 4.69) is 9.97 Å². The number of rotatable bonds is 3. The van der Waals surface area contributed by atoms with Crippen molar-refractivity contribution in [2.45, 2.75) is 39.5 Å². The molecule has 0 aliphatic rings. The maximum absolute atomic E-state index is 13.5. The van der Waals surface area contributed by atoms with Crippen molar-refractivity contribution in [3.05, 3.63) is 45.4 Å². The molecular weight excluding hydrogens is 288 g/mol. The molecule has 3 rings (SSSR count). The molecule has 6 heteroatoms. The fraction of sp³-hybridized carbons (Fsp3) is 0.375. The second-order valence-electron chi connectivity index (χ2n) is 5.51. The van der Waals surface area contributed by atoms with E-state index in [9.17, 15) is 13.6 Å². The van der Waals surface area contributed by atoms with Crippen molar-refractivity contribution >= 4 is 16.8 Å². The molecule has 0 unspecified atom stereocenters. The maximum atomic E-state index is 13.5. The molecule has 3 aromatic rings. The highest BCUT2D eigenvalue weighted by Crippen LogP contribution is 2.25. The van der Waals surface area contributed by atoms with Gasteiger partial charge in [0.1, 0.15) is 0 Å². The Balaban J connectivity index is 2.41. The molecule has 0 aliphatic heterocycles. The fourth-order valence-electron chi connectivity index (χ4n) is 2.94. The molecule has 0 atom stereocenters. The smallest absolute Gasteiger partial charge is 0.262 e. The first-order valence-corrected chi connectivity index (χ1v) is 7.37. The van der Waals surface area contributed by atoms with Gasteiger partial charge in [0.05, 0.1) is 16.7 Å². The first-order chi connectivity index (χ1) is 10.5. The minimum absolute atomic E-state index is 0.192. The zero-order chi connectivity index (χ0) is 16.0. The average Bonchev–Trinajstić information content (AvgIpc) is 2.83. The van der Waals surface area contributed by atoms with Crippen LogP contribution in [-0.2, 0) is 0 Å². The maximum Gasteiger partial charge on any atom is 0.262 e. The van der Waals surface area contributed by atoms with E-state index in [1.54, 1.807) is 6.92 Å². The zero-order valence-corrected chi connectivity index (χ0v) is 12.7. The molecule has 116 valence electrons. The molecule has 0 radical (unpaired) electrons. The van der Waals surface area contributed by atoms with E-state index in [1.807, 2.05) is 13.8 Å². The molecule has 0 fully saturated rings. The Morgan fingerprint density at radius 1 is 1.23 bits per heavy atom. The predicted molar refractivity (Wildman–Crippen MR) is 81.3 cm³/mol. The first kappa shape index (κ1) is 14.7. The first-order valence-electron chi connectivity index (χ1n) is 7.37. The summed E-state index contributed by atoms with van der Waals surface area (Å²) in [5.74, 6) is -1.43. The fourth-order valence-corrected chi connectivity index (χ4v) is 2.94. The third-order valence-electron chi connectivity index (χ3n) is 4.24. The molecule has 0 amide bonds. The number of hydrogen-bond acceptors (Lipinski definition) is 2. The largest absolute Gasteiger partial charge is 0.323 e. The Labute approximate surface area is 125 Å². The van der Waals surface area contributed by atoms with Crippen LogP contribution < -0.4 is 5.56 Å². The minimum Gasteiger partial charge on any atom is -0.323 e. The molecule has 0 saturated carbocycles. The van der Waals surface area contributed by atoms with Gasteiger partial charge in [0, 0.05) is 23.6 Å². The van der Waals surface area contributed by atoms with Gasteiger partial charge in [-0.3, -0.25) is 4.79 Å². The lowest BCUT2D eigenvalue weighted by atomic mass is 9.96. The number of nitrogens with one attached hydrogen (secondary N) is 1. The van der Waals surface area contributed by atoms with Crippen LogP contribution in [0, 0.1) is 18.6 Å². The van der Waals surface area contributed by atoms with Gasteiger partial charge in [0.25, 0.3) is 5.56 Å². The molecule has 0 bridgehead atoms. The van der Waals surface area contributed by atoms with E-state index < -0.39 is 11.6 Å². The third-order valence-corrected chi connectivity index (χ3v) is 4.24. The molecule has 0 saturated heterocycles. The van der Waals surface area contributed by atoms with Crippen molar-refractivity contribution in [2.75, 3.05) is 0 Å². The number of halogens is 2. The third kappa shape index (κ3) is 2.01. The second-order valence-corrected chi connectivity index (χ2v) is 5.51. The number of fused-ring (bicyclic) bond motifs is 3. The number of aromatic amines is 1. The van der Waals surface area contributed by atoms with Crippen LogP contribution in [0.4, 0.5) is 8.78 Å². The highest BCUT2D eigenvalue weighted by atomic mass is 19.2. The number of imidazole rings is 1. The van der Waals surface area contributed by atoms with Crippen LogP contribution in [0.25, 0.3) is 16.8 Å². The van der Waals surface area contributed by atoms with Crippen molar-refractivity contribution in [1.82, 2.24) is 14.4 Å². The monoisotopic (exact) mass is 305 g/mol. The lowest BCUT2D eigenvalue weighted by molar-refractivity contribution is 0.510. The Hall–Kier alpha value is -2.24. The van der Waals surface area contributed by atoms with Gasteiger partial charge in [0.15, 0.2) is 11.6 Å². The van der Waals surface area contributed by atoms with Crippen molar-refractivity contribution in [2.24, 2.45) is 0 Å². The molecule has 2 heterocycles. The molecule has 4 nitrogen and oxygen atoms in total. The number of hydrogen-bond donors (Lipinski definition) is 1. The lowest BCUT2D eigenvalue weighted by Crippen LogP contribution is -2.21. The van der Waals surface area contributed by atoms with Gasteiger partial charge in [0.2, 0.25) is 5.78 Å². The Morgan fingerprint density at radius 2 is 1.86 bits per heavy atom. The van der Waals surface area contributed by atoms with Crippen LogP contribution in [0.2, 0.25) is 0 Å². The summed E-state index contributed by atoms with van der Waals surface area (Å²) in [7, 11) is 0. The molecular formula is C16H17F2N3O. The van der Waals surface area contributed by atoms with Crippen LogP contribution >= 0.6 is 0 Å². The van der Waals surface area contributed by atoms with Gasteiger partial charge in [-0.2, -0.15) is 0 Å². The van der Waals surface area contributed by atoms with E-state index in [0.29, 0.717) is 22.4 Å². The average molecular weight is 305 g/mol. The van der Waals surface area contributed by atoms with Gasteiger partial charge in [-0.05, 0) is 19.8 Å². The van der Waals surface area contributed by atoms with Crippen LogP contribution in [0.5, 0.6) is 0 Å². The highest BCUT2D eigenvalue weighted by molar-refractivity contribution is 5.79. The normalized spacial score (nSPS) is 11.9. The van der Waals surface area contributed by atoms with E-state index in [1.165, 1.54) is 4.40 Å². The van der Waals surface area contributed by atoms with Gasteiger partial charge in [-0.1, -0.05) is 13.8 Å². The molecule has 1 aromatic carbocycles. The lowest BCUT2D eigenvalue weighted by Gasteiger charge is -2.14. The zero-order valence-electron chi connectivity index (χ0n) is 12.7. The summed E-state index contributed by atoms with van der Waals surface area (Å²) in [5.41, 5.74) is 1.71. The number of benzene rings is 1. The van der Waals surface area contributed by atoms with Crippen molar-refractivity contribution < 1.29 is 8.78 Å². The number of aromatic nitrogens is 3. The highest BCUT2D eigenvalue weighted by Gasteiger charge is 2.19. The van der Waals surface area contributed by atoms with Gasteiger partial charge >= 0.3 is 0 Å². The molecule has 22 heavy (non-hydrogen) atoms. The van der Waals surface area contributed by atoms with E-state index in [4.69, 9.17) is 0 Å². The number of nitrogens with zero attached hydrogens (tertiary/aromatic N) is 2. The molecule has 0 spiro atoms. The Kier molecular flexibility index (Phi) is 3.47. The molecule has 0 aliphatic carbocycles. The van der Waals surface area contributed by atoms with Gasteiger partial charge in [-0.15, -0.1) is 0 Å². The summed E-state index contributed by atoms with van der Waals surface area (Å²) in [4.78, 5) is 20.1. The van der Waals surface area contributed by atoms with Gasteiger partial charge < -0.3 is 4.98 Å². The molecule has 1 N–H and O–H groups in total. The van der Waals surface area contributed by atoms with E-state index >= 15 is 0 Å². The van der Waals surface area contributed by atoms with Crippen molar-refractivity contribution in [3.63, 3.8) is 0 Å². The summed E-state index contributed by atoms with van der Waals surface area (Å²) >= 11 is 0. The van der Waals surface area contributed by atoms with E-state index in [0.717, 1.165) is 30.7 Å². The van der Waals surface area contributed by atoms with Crippen LogP contribution in [0.1, 0.15) is 43.9 Å². The van der Waals surface area contributed by atoms with Gasteiger partial charge in [-0.25, -0.2) is 18.2 Å². The van der Waals surface area contributed by atoms with Crippen LogP contribution in [0.3, 0.4) is 0 Å². The SMILES string of the molecule is CCC(CC)c1nc2[nH]c3cc(F)c(F)cc3n2c(=O)c1C. The summed E-state index contributed by atoms with van der Waals surface area (Å²) < 4.78 is 28.2. The minimum atomic E-state index is -0.984. The van der Waals surface area contributed by atoms with Crippen LogP contribution in [0.15, 0.2) is 16.9 Å². The summed E-state index contributed by atoms with van der Waals surface area (Å²) in [6.45, 7) is 5.83. The van der Waals surface area contributed by atoms with E-state index in [-0.39, 0.29) is 11.5 Å². The van der Waals surface area contributed by atoms with Crippen molar-refractivity contribution in [3.8, 4) is 0 Å². The predicted octanol–water partition coefficient (Wildman–Crippen LogP) is 3.67. The second kappa shape index (κ2) is 5.19. The quantitative estimate of drug-likeness (QED) is 0.802. The summed E-state index contributed by atoms with van der Waals surface area (Å²) in [6.07, 6.45) is 1.76. The standard InChI is InChI=1S/C16H17F2N3O/c1-4-9(5-2)14-8(3)15(22)21-13-7-11(18)10(17)6-12(13)19-16(21)20-14/h6-7,9H,4-5H2,1-3H3,(H,19,20). The Morgan fingerprint density at radius 3 is 2.50 bits per heavy atom. The Bertz CT molecular complexity index is 923. The summed E-state index contributed by atoms with van der Waals surface area (Å²) in [5, 5.41) is 0. The van der Waals surface area contributed by atoms with Crippen LogP contribution in [-0.4, -0.2) is 14.4 Å². The topological polar surface area (TPSA) is 50.2 Å². The van der Waals surface area contributed by atoms with Crippen molar-refractivity contribution in [1.29, 1.82) is 0 Å².